The summed E-state index contributed by atoms with van der Waals surface area (Å²) in [6, 6.07) is 17.0. The number of carbonyl (C=O) groups is 1. The highest BCUT2D eigenvalue weighted by atomic mass is 16.5. The molecule has 0 saturated heterocycles. The van der Waals surface area contributed by atoms with Gasteiger partial charge in [-0.3, -0.25) is 10.2 Å². The van der Waals surface area contributed by atoms with E-state index in [1.807, 2.05) is 54.6 Å². The number of aromatic nitrogens is 3. The molecule has 1 N–H and O–H groups in total. The van der Waals surface area contributed by atoms with Gasteiger partial charge >= 0.3 is 0 Å². The molecular formula is C17H16N4O2. The molecule has 0 aliphatic heterocycles. The predicted octanol–water partition coefficient (Wildman–Crippen LogP) is 3.03. The Balaban J connectivity index is 2.01. The van der Waals surface area contributed by atoms with Crippen molar-refractivity contribution in [1.82, 2.24) is 14.9 Å². The fourth-order valence-electron chi connectivity index (χ4n) is 2.19. The molecule has 0 fully saturated rings. The standard InChI is InChI=1S/C17H16N4O2/c1-12(22)16-18-19-17(13-6-4-3-5-7-13)21(16)20-14-8-10-15(23-2)11-9-14/h3-11,20H,1-2H3. The first-order chi connectivity index (χ1) is 11.2. The molecule has 0 unspecified atom stereocenters. The molecule has 0 radical (unpaired) electrons. The highest BCUT2D eigenvalue weighted by Gasteiger charge is 2.17. The molecule has 6 heteroatoms. The van der Waals surface area contributed by atoms with Crippen molar-refractivity contribution in [3.63, 3.8) is 0 Å². The van der Waals surface area contributed by atoms with E-state index in [4.69, 9.17) is 4.74 Å². The lowest BCUT2D eigenvalue weighted by molar-refractivity contribution is 0.100. The van der Waals surface area contributed by atoms with Gasteiger partial charge in [0, 0.05) is 12.5 Å². The van der Waals surface area contributed by atoms with Crippen LogP contribution in [-0.2, 0) is 0 Å². The number of ketones is 1. The summed E-state index contributed by atoms with van der Waals surface area (Å²) in [6.07, 6.45) is 0. The summed E-state index contributed by atoms with van der Waals surface area (Å²) in [6.45, 7) is 1.46. The SMILES string of the molecule is COc1ccc(Nn2c(C(C)=O)nnc2-c2ccccc2)cc1. The highest BCUT2D eigenvalue weighted by Crippen LogP contribution is 2.20. The van der Waals surface area contributed by atoms with Gasteiger partial charge < -0.3 is 4.74 Å². The lowest BCUT2D eigenvalue weighted by Crippen LogP contribution is -2.16. The fraction of sp³-hybridized carbons (Fsp3) is 0.118. The summed E-state index contributed by atoms with van der Waals surface area (Å²) in [7, 11) is 1.61. The van der Waals surface area contributed by atoms with Gasteiger partial charge in [-0.1, -0.05) is 30.3 Å². The van der Waals surface area contributed by atoms with Crippen molar-refractivity contribution < 1.29 is 9.53 Å². The molecular weight excluding hydrogens is 292 g/mol. The number of ether oxygens (including phenoxy) is 1. The zero-order chi connectivity index (χ0) is 16.2. The van der Waals surface area contributed by atoms with Gasteiger partial charge in [-0.2, -0.15) is 0 Å². The van der Waals surface area contributed by atoms with Gasteiger partial charge in [0.2, 0.25) is 5.82 Å². The van der Waals surface area contributed by atoms with Crippen molar-refractivity contribution in [1.29, 1.82) is 0 Å². The van der Waals surface area contributed by atoms with Gasteiger partial charge in [0.05, 0.1) is 12.8 Å². The number of carbonyl (C=O) groups excluding carboxylic acids is 1. The number of rotatable bonds is 5. The summed E-state index contributed by atoms with van der Waals surface area (Å²) in [5, 5.41) is 8.14. The molecule has 0 aliphatic carbocycles. The Morgan fingerprint density at radius 3 is 2.35 bits per heavy atom. The monoisotopic (exact) mass is 308 g/mol. The summed E-state index contributed by atoms with van der Waals surface area (Å²) >= 11 is 0. The molecule has 0 amide bonds. The highest BCUT2D eigenvalue weighted by molar-refractivity contribution is 5.91. The number of anilines is 1. The zero-order valence-corrected chi connectivity index (χ0v) is 12.9. The van der Waals surface area contributed by atoms with Gasteiger partial charge in [-0.25, -0.2) is 4.68 Å². The van der Waals surface area contributed by atoms with Crippen LogP contribution in [0.2, 0.25) is 0 Å². The average Bonchev–Trinajstić information content (AvgIpc) is 3.00. The van der Waals surface area contributed by atoms with Crippen LogP contribution < -0.4 is 10.2 Å². The van der Waals surface area contributed by atoms with Crippen molar-refractivity contribution in [2.24, 2.45) is 0 Å². The van der Waals surface area contributed by atoms with Gasteiger partial charge in [0.25, 0.3) is 0 Å². The third-order valence-corrected chi connectivity index (χ3v) is 3.34. The lowest BCUT2D eigenvalue weighted by atomic mass is 10.2. The maximum absolute atomic E-state index is 11.8. The van der Waals surface area contributed by atoms with Crippen LogP contribution in [0.1, 0.15) is 17.5 Å². The third-order valence-electron chi connectivity index (χ3n) is 3.34. The number of nitrogens with one attached hydrogen (secondary N) is 1. The maximum Gasteiger partial charge on any atom is 0.219 e. The molecule has 6 nitrogen and oxygen atoms in total. The first-order valence-corrected chi connectivity index (χ1v) is 7.12. The van der Waals surface area contributed by atoms with Crippen LogP contribution in [0.25, 0.3) is 11.4 Å². The molecule has 1 heterocycles. The second-order valence-corrected chi connectivity index (χ2v) is 4.95. The van der Waals surface area contributed by atoms with Crippen LogP contribution in [0.4, 0.5) is 5.69 Å². The van der Waals surface area contributed by atoms with Crippen molar-refractivity contribution in [3.8, 4) is 17.1 Å². The van der Waals surface area contributed by atoms with Crippen LogP contribution in [0.5, 0.6) is 5.75 Å². The van der Waals surface area contributed by atoms with Gasteiger partial charge in [-0.15, -0.1) is 10.2 Å². The van der Waals surface area contributed by atoms with Crippen molar-refractivity contribution >= 4 is 11.5 Å². The Morgan fingerprint density at radius 2 is 1.74 bits per heavy atom. The van der Waals surface area contributed by atoms with E-state index < -0.39 is 0 Å². The molecule has 0 saturated carbocycles. The molecule has 1 aromatic heterocycles. The fourth-order valence-corrected chi connectivity index (χ4v) is 2.19. The Morgan fingerprint density at radius 1 is 1.04 bits per heavy atom. The topological polar surface area (TPSA) is 69.0 Å². The zero-order valence-electron chi connectivity index (χ0n) is 12.9. The number of hydrogen-bond donors (Lipinski definition) is 1. The number of benzene rings is 2. The quantitative estimate of drug-likeness (QED) is 0.734. The summed E-state index contributed by atoms with van der Waals surface area (Å²) in [4.78, 5) is 11.8. The molecule has 2 aromatic carbocycles. The first-order valence-electron chi connectivity index (χ1n) is 7.12. The number of Topliss-reactive ketones (excluding diaryl/α,β-unsaturated/α-hetero) is 1. The van der Waals surface area contributed by atoms with Crippen LogP contribution >= 0.6 is 0 Å². The van der Waals surface area contributed by atoms with Crippen molar-refractivity contribution in [2.75, 3.05) is 12.5 Å². The summed E-state index contributed by atoms with van der Waals surface area (Å²) in [5.41, 5.74) is 4.83. The number of methoxy groups -OCH3 is 1. The molecule has 23 heavy (non-hydrogen) atoms. The molecule has 0 bridgehead atoms. The van der Waals surface area contributed by atoms with Crippen LogP contribution in [0.3, 0.4) is 0 Å². The average molecular weight is 308 g/mol. The normalized spacial score (nSPS) is 10.3. The Bertz CT molecular complexity index is 810. The van der Waals surface area contributed by atoms with Gasteiger partial charge in [-0.05, 0) is 24.3 Å². The largest absolute Gasteiger partial charge is 0.497 e. The summed E-state index contributed by atoms with van der Waals surface area (Å²) < 4.78 is 6.74. The van der Waals surface area contributed by atoms with Crippen molar-refractivity contribution in [2.45, 2.75) is 6.92 Å². The van der Waals surface area contributed by atoms with Crippen LogP contribution in [0, 0.1) is 0 Å². The number of hydrogen-bond acceptors (Lipinski definition) is 5. The lowest BCUT2D eigenvalue weighted by Gasteiger charge is -2.12. The molecule has 0 spiro atoms. The molecule has 3 rings (SSSR count). The van der Waals surface area contributed by atoms with E-state index in [1.54, 1.807) is 11.8 Å². The summed E-state index contributed by atoms with van der Waals surface area (Å²) in [5.74, 6) is 1.42. The minimum Gasteiger partial charge on any atom is -0.497 e. The maximum atomic E-state index is 11.8. The van der Waals surface area contributed by atoms with E-state index in [1.165, 1.54) is 6.92 Å². The van der Waals surface area contributed by atoms with E-state index in [0.29, 0.717) is 5.82 Å². The van der Waals surface area contributed by atoms with E-state index >= 15 is 0 Å². The molecule has 0 atom stereocenters. The van der Waals surface area contributed by atoms with Gasteiger partial charge in [0.1, 0.15) is 5.75 Å². The minimum atomic E-state index is -0.166. The predicted molar refractivity (Wildman–Crippen MR) is 87.5 cm³/mol. The smallest absolute Gasteiger partial charge is 0.219 e. The molecule has 116 valence electrons. The van der Waals surface area contributed by atoms with E-state index in [2.05, 4.69) is 15.6 Å². The third kappa shape index (κ3) is 3.06. The molecule has 0 aliphatic rings. The van der Waals surface area contributed by atoms with Gasteiger partial charge in [0.15, 0.2) is 11.6 Å². The second kappa shape index (κ2) is 6.31. The van der Waals surface area contributed by atoms with Crippen molar-refractivity contribution in [3.05, 3.63) is 60.4 Å². The molecule has 3 aromatic rings. The van der Waals surface area contributed by atoms with E-state index in [-0.39, 0.29) is 11.6 Å². The van der Waals surface area contributed by atoms with Crippen LogP contribution in [0.15, 0.2) is 54.6 Å². The van der Waals surface area contributed by atoms with Crippen LogP contribution in [-0.4, -0.2) is 27.8 Å². The Labute approximate surface area is 133 Å². The Kier molecular flexibility index (Phi) is 4.05. The second-order valence-electron chi connectivity index (χ2n) is 4.95. The first kappa shape index (κ1) is 14.8. The Hall–Kier alpha value is -3.15. The van der Waals surface area contributed by atoms with E-state index in [0.717, 1.165) is 17.0 Å². The number of nitrogens with zero attached hydrogens (tertiary/aromatic N) is 3. The minimum absolute atomic E-state index is 0.166. The van der Waals surface area contributed by atoms with E-state index in [9.17, 15) is 4.79 Å².